The van der Waals surface area contributed by atoms with E-state index in [1.54, 1.807) is 12.4 Å². The van der Waals surface area contributed by atoms with Gasteiger partial charge < -0.3 is 14.6 Å². The number of nitrogens with zero attached hydrogens (tertiary/aromatic N) is 4. The van der Waals surface area contributed by atoms with Crippen LogP contribution in [0.25, 0.3) is 11.3 Å². The van der Waals surface area contributed by atoms with Crippen molar-refractivity contribution in [2.75, 3.05) is 11.9 Å². The molecule has 0 radical (unpaired) electrons. The van der Waals surface area contributed by atoms with Crippen LogP contribution in [0.1, 0.15) is 5.82 Å². The van der Waals surface area contributed by atoms with Gasteiger partial charge in [0.15, 0.2) is 0 Å². The van der Waals surface area contributed by atoms with Crippen LogP contribution in [0.2, 0.25) is 0 Å². The van der Waals surface area contributed by atoms with E-state index in [0.717, 1.165) is 41.9 Å². The molecule has 0 atom stereocenters. The van der Waals surface area contributed by atoms with Gasteiger partial charge in [0.05, 0.1) is 18.5 Å². The highest BCUT2D eigenvalue weighted by Crippen LogP contribution is 2.25. The lowest BCUT2D eigenvalue weighted by molar-refractivity contribution is 0.0821. The second-order valence-corrected chi connectivity index (χ2v) is 5.03. The molecule has 1 aliphatic rings. The average Bonchev–Trinajstić information content (AvgIpc) is 3.00. The van der Waals surface area contributed by atoms with Crippen LogP contribution in [0.5, 0.6) is 0 Å². The molecule has 1 N–H and O–H groups in total. The highest BCUT2D eigenvalue weighted by atomic mass is 16.5. The van der Waals surface area contributed by atoms with E-state index in [2.05, 4.69) is 24.8 Å². The molecule has 22 heavy (non-hydrogen) atoms. The fraction of sp³-hybridized carbons (Fsp3) is 0.188. The van der Waals surface area contributed by atoms with Gasteiger partial charge in [-0.3, -0.25) is 0 Å². The molecule has 6 heteroatoms. The summed E-state index contributed by atoms with van der Waals surface area (Å²) in [5, 5.41) is 3.21. The smallest absolute Gasteiger partial charge is 0.135 e. The van der Waals surface area contributed by atoms with Crippen molar-refractivity contribution in [1.82, 2.24) is 19.5 Å². The Morgan fingerprint density at radius 3 is 2.91 bits per heavy atom. The standard InChI is InChI=1S/C16H15N5O/c1-2-5-17-14(3-1)20-15-9-12(4-6-18-15)13-10-19-16-11-22-8-7-21(13)16/h1-6,9-10H,7-8,11H2,(H,17,18,20). The van der Waals surface area contributed by atoms with Gasteiger partial charge in [-0.2, -0.15) is 0 Å². The molecule has 4 rings (SSSR count). The number of pyridine rings is 2. The summed E-state index contributed by atoms with van der Waals surface area (Å²) in [5.74, 6) is 2.51. The minimum atomic E-state index is 0.574. The summed E-state index contributed by atoms with van der Waals surface area (Å²) in [6.45, 7) is 2.13. The number of aromatic nitrogens is 4. The topological polar surface area (TPSA) is 64.9 Å². The lowest BCUT2D eigenvalue weighted by Crippen LogP contribution is -2.17. The van der Waals surface area contributed by atoms with Gasteiger partial charge >= 0.3 is 0 Å². The summed E-state index contributed by atoms with van der Waals surface area (Å²) in [6, 6.07) is 9.73. The zero-order valence-electron chi connectivity index (χ0n) is 11.9. The zero-order chi connectivity index (χ0) is 14.8. The van der Waals surface area contributed by atoms with Gasteiger partial charge in [0.2, 0.25) is 0 Å². The van der Waals surface area contributed by atoms with Crippen molar-refractivity contribution < 1.29 is 4.74 Å². The number of rotatable bonds is 3. The van der Waals surface area contributed by atoms with Crippen LogP contribution in [0.3, 0.4) is 0 Å². The second-order valence-electron chi connectivity index (χ2n) is 5.03. The van der Waals surface area contributed by atoms with Crippen LogP contribution in [0.4, 0.5) is 11.6 Å². The minimum Gasteiger partial charge on any atom is -0.372 e. The number of imidazole rings is 1. The number of nitrogens with one attached hydrogen (secondary N) is 1. The van der Waals surface area contributed by atoms with E-state index in [0.29, 0.717) is 6.61 Å². The maximum absolute atomic E-state index is 5.43. The molecule has 3 aromatic rings. The van der Waals surface area contributed by atoms with Crippen molar-refractivity contribution in [3.05, 3.63) is 54.7 Å². The summed E-state index contributed by atoms with van der Waals surface area (Å²) < 4.78 is 7.63. The van der Waals surface area contributed by atoms with E-state index in [9.17, 15) is 0 Å². The number of ether oxygens (including phenoxy) is 1. The van der Waals surface area contributed by atoms with Crippen molar-refractivity contribution in [3.63, 3.8) is 0 Å². The van der Waals surface area contributed by atoms with Crippen molar-refractivity contribution >= 4 is 11.6 Å². The molecule has 0 bridgehead atoms. The monoisotopic (exact) mass is 293 g/mol. The molecule has 4 heterocycles. The summed E-state index contributed by atoms with van der Waals surface area (Å²) >= 11 is 0. The van der Waals surface area contributed by atoms with Gasteiger partial charge in [0.25, 0.3) is 0 Å². The number of hydrogen-bond donors (Lipinski definition) is 1. The first kappa shape index (κ1) is 13.0. The third kappa shape index (κ3) is 2.44. The van der Waals surface area contributed by atoms with Crippen molar-refractivity contribution in [2.45, 2.75) is 13.2 Å². The quantitative estimate of drug-likeness (QED) is 0.804. The molecule has 0 saturated heterocycles. The van der Waals surface area contributed by atoms with Gasteiger partial charge in [0.1, 0.15) is 24.1 Å². The summed E-state index contributed by atoms with van der Waals surface area (Å²) in [7, 11) is 0. The predicted octanol–water partition coefficient (Wildman–Crippen LogP) is 2.61. The van der Waals surface area contributed by atoms with Crippen LogP contribution in [-0.4, -0.2) is 26.1 Å². The molecule has 0 unspecified atom stereocenters. The lowest BCUT2D eigenvalue weighted by atomic mass is 10.2. The van der Waals surface area contributed by atoms with Crippen LogP contribution in [-0.2, 0) is 17.9 Å². The van der Waals surface area contributed by atoms with Gasteiger partial charge in [-0.25, -0.2) is 15.0 Å². The van der Waals surface area contributed by atoms with E-state index in [1.165, 1.54) is 0 Å². The van der Waals surface area contributed by atoms with E-state index in [4.69, 9.17) is 4.74 Å². The van der Waals surface area contributed by atoms with E-state index in [-0.39, 0.29) is 0 Å². The fourth-order valence-electron chi connectivity index (χ4n) is 2.55. The first-order valence-electron chi connectivity index (χ1n) is 7.17. The summed E-state index contributed by atoms with van der Waals surface area (Å²) in [4.78, 5) is 13.0. The molecule has 0 aliphatic carbocycles. The molecule has 0 aromatic carbocycles. The Morgan fingerprint density at radius 2 is 2.00 bits per heavy atom. The highest BCUT2D eigenvalue weighted by Gasteiger charge is 2.15. The number of anilines is 2. The summed E-state index contributed by atoms with van der Waals surface area (Å²) in [5.41, 5.74) is 2.17. The Labute approximate surface area is 127 Å². The Hall–Kier alpha value is -2.73. The SMILES string of the molecule is c1ccc(Nc2cc(-c3cnc4n3CCOC4)ccn2)nc1. The van der Waals surface area contributed by atoms with Crippen LogP contribution in [0, 0.1) is 0 Å². The largest absolute Gasteiger partial charge is 0.372 e. The van der Waals surface area contributed by atoms with Gasteiger partial charge in [-0.1, -0.05) is 6.07 Å². The Bertz CT molecular complexity index is 784. The first-order chi connectivity index (χ1) is 10.9. The number of hydrogen-bond acceptors (Lipinski definition) is 5. The van der Waals surface area contributed by atoms with E-state index < -0.39 is 0 Å². The molecule has 3 aromatic heterocycles. The van der Waals surface area contributed by atoms with Crippen molar-refractivity contribution in [2.24, 2.45) is 0 Å². The van der Waals surface area contributed by atoms with Crippen molar-refractivity contribution in [1.29, 1.82) is 0 Å². The maximum atomic E-state index is 5.43. The predicted molar refractivity (Wildman–Crippen MR) is 82.6 cm³/mol. The van der Waals surface area contributed by atoms with Gasteiger partial charge in [-0.05, 0) is 24.3 Å². The molecular formula is C16H15N5O. The van der Waals surface area contributed by atoms with Crippen LogP contribution < -0.4 is 5.32 Å². The van der Waals surface area contributed by atoms with E-state index >= 15 is 0 Å². The minimum absolute atomic E-state index is 0.574. The van der Waals surface area contributed by atoms with Crippen molar-refractivity contribution in [3.8, 4) is 11.3 Å². The molecule has 0 amide bonds. The maximum Gasteiger partial charge on any atom is 0.135 e. The lowest BCUT2D eigenvalue weighted by Gasteiger charge is -2.17. The normalized spacial score (nSPS) is 13.6. The Balaban J connectivity index is 1.66. The van der Waals surface area contributed by atoms with Gasteiger partial charge in [-0.15, -0.1) is 0 Å². The van der Waals surface area contributed by atoms with Gasteiger partial charge in [0, 0.05) is 24.5 Å². The molecule has 0 spiro atoms. The molecule has 0 fully saturated rings. The van der Waals surface area contributed by atoms with Crippen LogP contribution in [0.15, 0.2) is 48.9 Å². The van der Waals surface area contributed by atoms with E-state index in [1.807, 2.05) is 36.5 Å². The first-order valence-corrected chi connectivity index (χ1v) is 7.17. The fourth-order valence-corrected chi connectivity index (χ4v) is 2.55. The molecular weight excluding hydrogens is 278 g/mol. The average molecular weight is 293 g/mol. The third-order valence-corrected chi connectivity index (χ3v) is 3.61. The highest BCUT2D eigenvalue weighted by molar-refractivity contribution is 5.65. The molecule has 6 nitrogen and oxygen atoms in total. The molecule has 1 aliphatic heterocycles. The number of fused-ring (bicyclic) bond motifs is 1. The zero-order valence-corrected chi connectivity index (χ0v) is 11.9. The second kappa shape index (κ2) is 5.57. The molecule has 110 valence electrons. The van der Waals surface area contributed by atoms with Crippen LogP contribution >= 0.6 is 0 Å². The Morgan fingerprint density at radius 1 is 1.05 bits per heavy atom. The Kier molecular flexibility index (Phi) is 3.29. The third-order valence-electron chi connectivity index (χ3n) is 3.61. The molecule has 0 saturated carbocycles. The summed E-state index contributed by atoms with van der Waals surface area (Å²) in [6.07, 6.45) is 5.43.